The molecule has 0 amide bonds. The van der Waals surface area contributed by atoms with Gasteiger partial charge in [0.2, 0.25) is 6.54 Å². The van der Waals surface area contributed by atoms with Gasteiger partial charge in [-0.25, -0.2) is 16.5 Å². The van der Waals surface area contributed by atoms with Crippen molar-refractivity contribution in [2.24, 2.45) is 7.05 Å². The van der Waals surface area contributed by atoms with Crippen LogP contribution in [0.1, 0.15) is 48.2 Å². The topological polar surface area (TPSA) is 68.2 Å². The van der Waals surface area contributed by atoms with E-state index in [1.165, 1.54) is 5.56 Å². The van der Waals surface area contributed by atoms with E-state index in [0.717, 1.165) is 57.5 Å². The number of hydrogen-bond acceptors (Lipinski definition) is 4. The summed E-state index contributed by atoms with van der Waals surface area (Å²) in [6.45, 7) is 13.4. The SMILES string of the molecule is [C-]#[N+]CCc1cc2c(/C=C/c3ccnc(CCC(C)(C)O)c3)cc(-c3cncn3C)nc2cc1C. The summed E-state index contributed by atoms with van der Waals surface area (Å²) in [6, 6.07) is 10.4. The highest BCUT2D eigenvalue weighted by atomic mass is 16.3. The van der Waals surface area contributed by atoms with E-state index < -0.39 is 5.60 Å². The minimum absolute atomic E-state index is 0.475. The molecule has 3 heterocycles. The third kappa shape index (κ3) is 6.00. The van der Waals surface area contributed by atoms with Crippen LogP contribution in [0.15, 0.2) is 49.1 Å². The van der Waals surface area contributed by atoms with Crippen LogP contribution < -0.4 is 0 Å². The average Bonchev–Trinajstić information content (AvgIpc) is 3.25. The van der Waals surface area contributed by atoms with E-state index in [0.29, 0.717) is 13.0 Å². The zero-order chi connectivity index (χ0) is 25.0. The molecule has 6 nitrogen and oxygen atoms in total. The maximum atomic E-state index is 10.1. The third-order valence-corrected chi connectivity index (χ3v) is 6.16. The predicted molar refractivity (Wildman–Crippen MR) is 142 cm³/mol. The molecular weight excluding hydrogens is 434 g/mol. The zero-order valence-electron chi connectivity index (χ0n) is 20.8. The van der Waals surface area contributed by atoms with E-state index >= 15 is 0 Å². The quantitative estimate of drug-likeness (QED) is 0.340. The highest BCUT2D eigenvalue weighted by molar-refractivity contribution is 5.93. The number of pyridine rings is 2. The Bertz CT molecular complexity index is 1420. The van der Waals surface area contributed by atoms with Crippen LogP contribution in [0.3, 0.4) is 0 Å². The summed E-state index contributed by atoms with van der Waals surface area (Å²) >= 11 is 0. The number of aromatic nitrogens is 4. The number of hydrogen-bond donors (Lipinski definition) is 1. The normalized spacial score (nSPS) is 11.9. The Kier molecular flexibility index (Phi) is 7.09. The van der Waals surface area contributed by atoms with Crippen LogP contribution in [0.25, 0.3) is 39.3 Å². The van der Waals surface area contributed by atoms with Crippen LogP contribution in [0.4, 0.5) is 0 Å². The van der Waals surface area contributed by atoms with E-state index in [1.54, 1.807) is 6.33 Å². The van der Waals surface area contributed by atoms with Gasteiger partial charge >= 0.3 is 0 Å². The average molecular weight is 466 g/mol. The number of aliphatic hydroxyl groups is 1. The molecule has 35 heavy (non-hydrogen) atoms. The molecule has 0 spiro atoms. The largest absolute Gasteiger partial charge is 0.390 e. The molecule has 4 rings (SSSR count). The van der Waals surface area contributed by atoms with Crippen molar-refractivity contribution in [2.45, 2.75) is 45.6 Å². The number of benzene rings is 1. The molecule has 0 aliphatic rings. The second-order valence-corrected chi connectivity index (χ2v) is 9.64. The van der Waals surface area contributed by atoms with Crippen molar-refractivity contribution < 1.29 is 5.11 Å². The van der Waals surface area contributed by atoms with Crippen LogP contribution in [0.2, 0.25) is 0 Å². The molecule has 0 radical (unpaired) electrons. The molecule has 3 aromatic heterocycles. The molecule has 4 aromatic rings. The predicted octanol–water partition coefficient (Wildman–Crippen LogP) is 5.67. The fourth-order valence-corrected chi connectivity index (χ4v) is 4.12. The van der Waals surface area contributed by atoms with Gasteiger partial charge in [-0.1, -0.05) is 12.2 Å². The van der Waals surface area contributed by atoms with Crippen molar-refractivity contribution in [2.75, 3.05) is 6.54 Å². The smallest absolute Gasteiger partial charge is 0.218 e. The fraction of sp³-hybridized carbons (Fsp3) is 0.310. The summed E-state index contributed by atoms with van der Waals surface area (Å²) in [5, 5.41) is 11.1. The summed E-state index contributed by atoms with van der Waals surface area (Å²) in [4.78, 5) is 17.2. The van der Waals surface area contributed by atoms with E-state index in [-0.39, 0.29) is 0 Å². The van der Waals surface area contributed by atoms with Gasteiger partial charge in [-0.05, 0) is 86.2 Å². The Hall–Kier alpha value is -3.82. The molecule has 6 heteroatoms. The minimum atomic E-state index is -0.714. The van der Waals surface area contributed by atoms with Gasteiger partial charge < -0.3 is 14.5 Å². The summed E-state index contributed by atoms with van der Waals surface area (Å²) in [7, 11) is 1.97. The molecule has 0 aliphatic heterocycles. The first-order valence-electron chi connectivity index (χ1n) is 11.8. The summed E-state index contributed by atoms with van der Waals surface area (Å²) in [5.41, 5.74) is 7.43. The molecular formula is C29H31N5O. The minimum Gasteiger partial charge on any atom is -0.390 e. The van der Waals surface area contributed by atoms with Crippen LogP contribution in [0, 0.1) is 13.5 Å². The molecule has 0 fully saturated rings. The Morgan fingerprint density at radius 3 is 2.69 bits per heavy atom. The van der Waals surface area contributed by atoms with Crippen molar-refractivity contribution in [1.82, 2.24) is 19.5 Å². The van der Waals surface area contributed by atoms with Crippen LogP contribution >= 0.6 is 0 Å². The monoisotopic (exact) mass is 465 g/mol. The molecule has 0 saturated heterocycles. The second kappa shape index (κ2) is 10.2. The molecule has 0 bridgehead atoms. The van der Waals surface area contributed by atoms with Gasteiger partial charge in [0.25, 0.3) is 0 Å². The first-order chi connectivity index (χ1) is 16.7. The molecule has 1 aromatic carbocycles. The van der Waals surface area contributed by atoms with Crippen molar-refractivity contribution in [1.29, 1.82) is 0 Å². The maximum Gasteiger partial charge on any atom is 0.218 e. The number of imidazole rings is 1. The van der Waals surface area contributed by atoms with E-state index in [4.69, 9.17) is 11.6 Å². The third-order valence-electron chi connectivity index (χ3n) is 6.16. The Balaban J connectivity index is 1.76. The van der Waals surface area contributed by atoms with Gasteiger partial charge in [0.15, 0.2) is 0 Å². The Morgan fingerprint density at radius 2 is 1.97 bits per heavy atom. The first-order valence-corrected chi connectivity index (χ1v) is 11.8. The lowest BCUT2D eigenvalue weighted by molar-refractivity contribution is 0.0711. The number of rotatable bonds is 8. The molecule has 0 unspecified atom stereocenters. The van der Waals surface area contributed by atoms with Gasteiger partial charge in [0.05, 0.1) is 35.0 Å². The zero-order valence-corrected chi connectivity index (χ0v) is 20.8. The summed E-state index contributed by atoms with van der Waals surface area (Å²) in [6.07, 6.45) is 11.7. The van der Waals surface area contributed by atoms with Crippen LogP contribution in [-0.2, 0) is 19.9 Å². The second-order valence-electron chi connectivity index (χ2n) is 9.64. The molecule has 0 saturated carbocycles. The Morgan fingerprint density at radius 1 is 1.14 bits per heavy atom. The molecule has 0 aliphatic carbocycles. The number of nitrogens with zero attached hydrogens (tertiary/aromatic N) is 5. The van der Waals surface area contributed by atoms with E-state index in [2.05, 4.69) is 58.2 Å². The lowest BCUT2D eigenvalue weighted by atomic mass is 9.98. The van der Waals surface area contributed by atoms with Gasteiger partial charge in [-0.3, -0.25) is 4.98 Å². The van der Waals surface area contributed by atoms with Crippen molar-refractivity contribution in [3.8, 4) is 11.4 Å². The molecule has 0 atom stereocenters. The first kappa shape index (κ1) is 24.3. The van der Waals surface area contributed by atoms with Crippen molar-refractivity contribution in [3.05, 3.63) is 88.4 Å². The lowest BCUT2D eigenvalue weighted by Gasteiger charge is -2.16. The maximum absolute atomic E-state index is 10.1. The summed E-state index contributed by atoms with van der Waals surface area (Å²) in [5.74, 6) is 0. The highest BCUT2D eigenvalue weighted by Gasteiger charge is 2.13. The van der Waals surface area contributed by atoms with Gasteiger partial charge in [-0.15, -0.1) is 0 Å². The van der Waals surface area contributed by atoms with E-state index in [1.807, 2.05) is 43.9 Å². The molecule has 178 valence electrons. The van der Waals surface area contributed by atoms with E-state index in [9.17, 15) is 5.11 Å². The highest BCUT2D eigenvalue weighted by Crippen LogP contribution is 2.29. The van der Waals surface area contributed by atoms with Crippen LogP contribution in [0.5, 0.6) is 0 Å². The Labute approximate surface area is 206 Å². The fourth-order valence-electron chi connectivity index (χ4n) is 4.12. The summed E-state index contributed by atoms with van der Waals surface area (Å²) < 4.78 is 1.97. The standard InChI is InChI=1S/C29H31N5O/c1-20-14-26-25(16-22(20)10-12-30-4)23(17-27(33-26)28-18-31-19-34(28)5)7-6-21-9-13-32-24(15-21)8-11-29(2,3)35/h6-7,9,13-19,35H,8,10-12H2,1-3,5H3/b7-6+. The molecule has 1 N–H and O–H groups in total. The van der Waals surface area contributed by atoms with Crippen LogP contribution in [-0.4, -0.2) is 36.8 Å². The van der Waals surface area contributed by atoms with Crippen molar-refractivity contribution >= 4 is 23.1 Å². The van der Waals surface area contributed by atoms with Gasteiger partial charge in [0, 0.05) is 30.7 Å². The number of fused-ring (bicyclic) bond motifs is 1. The van der Waals surface area contributed by atoms with Gasteiger partial charge in [0.1, 0.15) is 0 Å². The lowest BCUT2D eigenvalue weighted by Crippen LogP contribution is -2.19. The van der Waals surface area contributed by atoms with Crippen molar-refractivity contribution in [3.63, 3.8) is 0 Å². The number of aryl methyl sites for hydroxylation is 3. The van der Waals surface area contributed by atoms with Gasteiger partial charge in [-0.2, -0.15) is 0 Å².